The van der Waals surface area contributed by atoms with Gasteiger partial charge in [0.1, 0.15) is 25.5 Å². The Morgan fingerprint density at radius 2 is 1.76 bits per heavy atom. The largest absolute Gasteiger partial charge is 0.486 e. The summed E-state index contributed by atoms with van der Waals surface area (Å²) in [6, 6.07) is 5.53. The zero-order valence-electron chi connectivity index (χ0n) is 19.9. The van der Waals surface area contributed by atoms with E-state index in [9.17, 15) is 14.7 Å². The predicted octanol–water partition coefficient (Wildman–Crippen LogP) is 2.44. The second-order valence-corrected chi connectivity index (χ2v) is 9.44. The van der Waals surface area contributed by atoms with Gasteiger partial charge in [-0.1, -0.05) is 25.3 Å². The van der Waals surface area contributed by atoms with Gasteiger partial charge in [-0.2, -0.15) is 0 Å². The molecule has 0 aromatic heterocycles. The number of nitrogens with zero attached hydrogens (tertiary/aromatic N) is 1. The van der Waals surface area contributed by atoms with Crippen LogP contribution in [0, 0.1) is 0 Å². The fourth-order valence-electron chi connectivity index (χ4n) is 4.99. The fraction of sp³-hybridized carbons (Fsp3) is 0.680. The average Bonchev–Trinajstić information content (AvgIpc) is 3.40. The molecule has 4 rings (SSSR count). The number of carbonyl (C=O) groups is 2. The lowest BCUT2D eigenvalue weighted by atomic mass is 9.96. The number of hydrogen-bond acceptors (Lipinski definition) is 6. The van der Waals surface area contributed by atoms with Crippen LogP contribution < -0.4 is 25.4 Å². The Labute approximate surface area is 201 Å². The van der Waals surface area contributed by atoms with Crippen LogP contribution in [0.3, 0.4) is 0 Å². The second-order valence-electron chi connectivity index (χ2n) is 9.44. The maximum atomic E-state index is 12.7. The number of carbonyl (C=O) groups excluding carboxylic acids is 2. The average molecular weight is 475 g/mol. The van der Waals surface area contributed by atoms with E-state index in [1.165, 1.54) is 19.3 Å². The number of urea groups is 1. The summed E-state index contributed by atoms with van der Waals surface area (Å²) >= 11 is 0. The molecule has 9 nitrogen and oxygen atoms in total. The first-order valence-electron chi connectivity index (χ1n) is 12.8. The maximum Gasteiger partial charge on any atom is 0.315 e. The molecule has 1 aromatic carbocycles. The molecule has 188 valence electrons. The molecule has 0 unspecified atom stereocenters. The number of rotatable bonds is 9. The van der Waals surface area contributed by atoms with Gasteiger partial charge in [-0.15, -0.1) is 0 Å². The highest BCUT2D eigenvalue weighted by molar-refractivity contribution is 5.76. The molecule has 2 heterocycles. The molecule has 2 atom stereocenters. The van der Waals surface area contributed by atoms with E-state index in [2.05, 4.69) is 20.9 Å². The summed E-state index contributed by atoms with van der Waals surface area (Å²) in [4.78, 5) is 26.9. The Morgan fingerprint density at radius 3 is 2.53 bits per heavy atom. The summed E-state index contributed by atoms with van der Waals surface area (Å²) in [6.07, 6.45) is 7.16. The number of fused-ring (bicyclic) bond motifs is 1. The Hall–Kier alpha value is -2.52. The van der Waals surface area contributed by atoms with Gasteiger partial charge in [0.05, 0.1) is 0 Å². The summed E-state index contributed by atoms with van der Waals surface area (Å²) in [5, 5.41) is 20.1. The number of amides is 3. The van der Waals surface area contributed by atoms with Crippen molar-refractivity contribution in [3.8, 4) is 11.5 Å². The fourth-order valence-corrected chi connectivity index (χ4v) is 4.99. The molecule has 3 amide bonds. The number of hydrogen-bond donors (Lipinski definition) is 4. The highest BCUT2D eigenvalue weighted by Crippen LogP contribution is 2.34. The Kier molecular flexibility index (Phi) is 8.87. The molecule has 0 spiro atoms. The lowest BCUT2D eigenvalue weighted by molar-refractivity contribution is -0.124. The molecule has 4 N–H and O–H groups in total. The smallest absolute Gasteiger partial charge is 0.315 e. The third-order valence-corrected chi connectivity index (χ3v) is 6.86. The molecule has 2 fully saturated rings. The highest BCUT2D eigenvalue weighted by atomic mass is 16.6. The molecule has 0 radical (unpaired) electrons. The van der Waals surface area contributed by atoms with Crippen LogP contribution in [0.15, 0.2) is 18.2 Å². The third kappa shape index (κ3) is 6.76. The summed E-state index contributed by atoms with van der Waals surface area (Å²) in [7, 11) is 0. The minimum atomic E-state index is -0.891. The Bertz CT molecular complexity index is 824. The molecular weight excluding hydrogens is 436 g/mol. The third-order valence-electron chi connectivity index (χ3n) is 6.86. The zero-order valence-corrected chi connectivity index (χ0v) is 19.9. The van der Waals surface area contributed by atoms with Crippen molar-refractivity contribution in [2.45, 2.75) is 76.1 Å². The van der Waals surface area contributed by atoms with E-state index in [4.69, 9.17) is 9.47 Å². The molecule has 1 saturated carbocycles. The second kappa shape index (κ2) is 12.3. The van der Waals surface area contributed by atoms with E-state index in [0.717, 1.165) is 38.8 Å². The molecular formula is C25H38N4O5. The quantitative estimate of drug-likeness (QED) is 0.409. The van der Waals surface area contributed by atoms with Crippen LogP contribution in [0.2, 0.25) is 0 Å². The molecule has 1 saturated heterocycles. The summed E-state index contributed by atoms with van der Waals surface area (Å²) in [5.74, 6) is 1.15. The summed E-state index contributed by atoms with van der Waals surface area (Å²) in [6.45, 7) is 3.08. The van der Waals surface area contributed by atoms with Crippen LogP contribution in [-0.4, -0.2) is 67.0 Å². The van der Waals surface area contributed by atoms with E-state index >= 15 is 0 Å². The van der Waals surface area contributed by atoms with Crippen molar-refractivity contribution >= 4 is 11.9 Å². The van der Waals surface area contributed by atoms with E-state index in [0.29, 0.717) is 43.2 Å². The van der Waals surface area contributed by atoms with Gasteiger partial charge in [0, 0.05) is 32.1 Å². The number of aliphatic hydroxyl groups excluding tert-OH is 1. The van der Waals surface area contributed by atoms with Gasteiger partial charge < -0.3 is 30.5 Å². The van der Waals surface area contributed by atoms with E-state index < -0.39 is 12.3 Å². The van der Waals surface area contributed by atoms with Crippen LogP contribution in [-0.2, 0) is 4.79 Å². The first kappa shape index (κ1) is 24.6. The van der Waals surface area contributed by atoms with Crippen LogP contribution in [0.25, 0.3) is 0 Å². The minimum Gasteiger partial charge on any atom is -0.486 e. The molecule has 2 aliphatic heterocycles. The maximum absolute atomic E-state index is 12.7. The van der Waals surface area contributed by atoms with Gasteiger partial charge in [-0.25, -0.2) is 4.79 Å². The molecule has 1 aliphatic carbocycles. The van der Waals surface area contributed by atoms with Gasteiger partial charge in [0.15, 0.2) is 11.5 Å². The SMILES string of the molecule is O=C(CCCNC(=O)NC1CCCCC1)N[C@@H]([C@H](O)c1ccc2c(c1)OCCO2)N1CCCC1. The van der Waals surface area contributed by atoms with Crippen LogP contribution in [0.5, 0.6) is 11.5 Å². The van der Waals surface area contributed by atoms with Crippen LogP contribution in [0.4, 0.5) is 4.79 Å². The van der Waals surface area contributed by atoms with Gasteiger partial charge >= 0.3 is 6.03 Å². The predicted molar refractivity (Wildman–Crippen MR) is 128 cm³/mol. The number of nitrogens with one attached hydrogen (secondary N) is 3. The normalized spacial score (nSPS) is 20.4. The van der Waals surface area contributed by atoms with Gasteiger partial charge in [0.2, 0.25) is 5.91 Å². The van der Waals surface area contributed by atoms with Crippen LogP contribution in [0.1, 0.15) is 69.5 Å². The van der Waals surface area contributed by atoms with Crippen molar-refractivity contribution in [3.63, 3.8) is 0 Å². The van der Waals surface area contributed by atoms with Crippen molar-refractivity contribution in [2.24, 2.45) is 0 Å². The molecule has 3 aliphatic rings. The molecule has 0 bridgehead atoms. The molecule has 9 heteroatoms. The van der Waals surface area contributed by atoms with Gasteiger partial charge in [-0.05, 0) is 49.8 Å². The monoisotopic (exact) mass is 474 g/mol. The molecule has 1 aromatic rings. The van der Waals surface area contributed by atoms with E-state index in [1.54, 1.807) is 12.1 Å². The van der Waals surface area contributed by atoms with E-state index in [-0.39, 0.29) is 24.4 Å². The number of ether oxygens (including phenoxy) is 2. The standard InChI is InChI=1S/C25H38N4O5/c30-22(9-6-12-26-25(32)27-19-7-2-1-3-8-19)28-24(29-13-4-5-14-29)23(31)18-10-11-20-21(17-18)34-16-15-33-20/h10-11,17,19,23-24,31H,1-9,12-16H2,(H,28,30)(H2,26,27,32)/t23-,24-/m1/s1. The van der Waals surface area contributed by atoms with Crippen molar-refractivity contribution < 1.29 is 24.2 Å². The number of aliphatic hydroxyl groups is 1. The first-order valence-corrected chi connectivity index (χ1v) is 12.8. The topological polar surface area (TPSA) is 112 Å². The first-order chi connectivity index (χ1) is 16.6. The van der Waals surface area contributed by atoms with Crippen molar-refractivity contribution in [1.82, 2.24) is 20.9 Å². The number of likely N-dealkylation sites (tertiary alicyclic amines) is 1. The van der Waals surface area contributed by atoms with E-state index in [1.807, 2.05) is 6.07 Å². The molecule has 34 heavy (non-hydrogen) atoms. The van der Waals surface area contributed by atoms with Gasteiger partial charge in [-0.3, -0.25) is 9.69 Å². The Balaban J connectivity index is 1.26. The Morgan fingerprint density at radius 1 is 1.03 bits per heavy atom. The van der Waals surface area contributed by atoms with Crippen molar-refractivity contribution in [1.29, 1.82) is 0 Å². The van der Waals surface area contributed by atoms with Crippen LogP contribution >= 0.6 is 0 Å². The minimum absolute atomic E-state index is 0.136. The van der Waals surface area contributed by atoms with Crippen molar-refractivity contribution in [3.05, 3.63) is 23.8 Å². The number of benzene rings is 1. The summed E-state index contributed by atoms with van der Waals surface area (Å²) in [5.41, 5.74) is 0.683. The highest BCUT2D eigenvalue weighted by Gasteiger charge is 2.31. The van der Waals surface area contributed by atoms with Gasteiger partial charge in [0.25, 0.3) is 0 Å². The van der Waals surface area contributed by atoms with Crippen molar-refractivity contribution in [2.75, 3.05) is 32.8 Å². The lowest BCUT2D eigenvalue weighted by Crippen LogP contribution is -2.50. The lowest BCUT2D eigenvalue weighted by Gasteiger charge is -2.33. The zero-order chi connectivity index (χ0) is 23.8. The summed E-state index contributed by atoms with van der Waals surface area (Å²) < 4.78 is 11.2.